The molecule has 2 fully saturated rings. The van der Waals surface area contributed by atoms with Crippen LogP contribution >= 0.6 is 23.8 Å². The number of hydrogen-bond acceptors (Lipinski definition) is 4. The molecule has 0 amide bonds. The number of hydrogen-bond donors (Lipinski definition) is 2. The van der Waals surface area contributed by atoms with Gasteiger partial charge in [-0.05, 0) is 44.3 Å². The molecule has 0 bridgehead atoms. The van der Waals surface area contributed by atoms with E-state index in [1.54, 1.807) is 0 Å². The third-order valence-electron chi connectivity index (χ3n) is 4.28. The molecule has 1 aliphatic carbocycles. The fraction of sp³-hybridized carbons (Fsp3) is 0.667. The van der Waals surface area contributed by atoms with Crippen LogP contribution in [0.25, 0.3) is 0 Å². The molecule has 1 aromatic heterocycles. The van der Waals surface area contributed by atoms with Crippen molar-refractivity contribution in [1.29, 1.82) is 0 Å². The average molecular weight is 340 g/mol. The zero-order valence-corrected chi connectivity index (χ0v) is 14.2. The molecule has 1 saturated carbocycles. The number of halogens is 1. The fourth-order valence-corrected chi connectivity index (χ4v) is 3.58. The summed E-state index contributed by atoms with van der Waals surface area (Å²) in [7, 11) is 0. The molecule has 2 N–H and O–H groups in total. The van der Waals surface area contributed by atoms with Gasteiger partial charge >= 0.3 is 0 Å². The van der Waals surface area contributed by atoms with E-state index in [9.17, 15) is 0 Å². The molecule has 7 heteroatoms. The van der Waals surface area contributed by atoms with Crippen molar-refractivity contribution in [3.63, 3.8) is 0 Å². The van der Waals surface area contributed by atoms with Gasteiger partial charge in [-0.1, -0.05) is 24.4 Å². The molecule has 22 heavy (non-hydrogen) atoms. The lowest BCUT2D eigenvalue weighted by Gasteiger charge is -2.28. The van der Waals surface area contributed by atoms with Gasteiger partial charge in [-0.2, -0.15) is 4.98 Å². The van der Waals surface area contributed by atoms with Crippen molar-refractivity contribution in [3.05, 3.63) is 11.2 Å². The molecular formula is C15H22ClN5S. The monoisotopic (exact) mass is 339 g/mol. The number of thiocarbonyl (C=S) groups is 1. The van der Waals surface area contributed by atoms with Crippen LogP contribution in [0.3, 0.4) is 0 Å². The van der Waals surface area contributed by atoms with Gasteiger partial charge in [0.1, 0.15) is 11.0 Å². The van der Waals surface area contributed by atoms with Crippen molar-refractivity contribution in [2.45, 2.75) is 51.0 Å². The first-order valence-corrected chi connectivity index (χ1v) is 8.86. The maximum Gasteiger partial charge on any atom is 0.232 e. The van der Waals surface area contributed by atoms with Crippen LogP contribution in [-0.4, -0.2) is 34.2 Å². The molecule has 1 aliphatic heterocycles. The van der Waals surface area contributed by atoms with Gasteiger partial charge < -0.3 is 15.5 Å². The van der Waals surface area contributed by atoms with Crippen LogP contribution in [0.1, 0.15) is 44.9 Å². The van der Waals surface area contributed by atoms with Gasteiger partial charge in [0.05, 0.1) is 0 Å². The predicted octanol–water partition coefficient (Wildman–Crippen LogP) is 3.35. The van der Waals surface area contributed by atoms with Gasteiger partial charge in [0.2, 0.25) is 5.95 Å². The Balaban J connectivity index is 1.64. The molecule has 1 saturated heterocycles. The second kappa shape index (κ2) is 7.42. The summed E-state index contributed by atoms with van der Waals surface area (Å²) in [5.74, 6) is 1.36. The predicted molar refractivity (Wildman–Crippen MR) is 94.7 cm³/mol. The van der Waals surface area contributed by atoms with E-state index in [1.807, 2.05) is 6.07 Å². The number of anilines is 2. The quantitative estimate of drug-likeness (QED) is 0.650. The van der Waals surface area contributed by atoms with Crippen molar-refractivity contribution in [2.24, 2.45) is 0 Å². The Hall–Kier alpha value is -1.14. The van der Waals surface area contributed by atoms with Crippen molar-refractivity contribution in [2.75, 3.05) is 23.3 Å². The first kappa shape index (κ1) is 15.7. The Labute approximate surface area is 141 Å². The first-order valence-electron chi connectivity index (χ1n) is 8.08. The van der Waals surface area contributed by atoms with Crippen LogP contribution in [0.5, 0.6) is 0 Å². The second-order valence-electron chi connectivity index (χ2n) is 6.00. The van der Waals surface area contributed by atoms with E-state index in [0.717, 1.165) is 18.9 Å². The Kier molecular flexibility index (Phi) is 5.31. The van der Waals surface area contributed by atoms with Crippen LogP contribution in [-0.2, 0) is 0 Å². The van der Waals surface area contributed by atoms with Gasteiger partial charge in [-0.3, -0.25) is 0 Å². The number of nitrogens with zero attached hydrogens (tertiary/aromatic N) is 3. The van der Waals surface area contributed by atoms with Crippen LogP contribution in [0.4, 0.5) is 11.8 Å². The summed E-state index contributed by atoms with van der Waals surface area (Å²) in [5.41, 5.74) is 0. The molecule has 1 aromatic rings. The van der Waals surface area contributed by atoms with Crippen LogP contribution < -0.4 is 15.5 Å². The molecule has 2 heterocycles. The summed E-state index contributed by atoms with van der Waals surface area (Å²) in [6, 6.07) is 2.30. The van der Waals surface area contributed by atoms with E-state index in [0.29, 0.717) is 22.3 Å². The number of piperidine rings is 1. The molecule has 3 rings (SSSR count). The van der Waals surface area contributed by atoms with Crippen LogP contribution in [0.15, 0.2) is 6.07 Å². The number of nitrogens with one attached hydrogen (secondary N) is 2. The minimum absolute atomic E-state index is 0.446. The Bertz CT molecular complexity index is 527. The smallest absolute Gasteiger partial charge is 0.232 e. The molecule has 0 unspecified atom stereocenters. The summed E-state index contributed by atoms with van der Waals surface area (Å²) >= 11 is 11.5. The highest BCUT2D eigenvalue weighted by atomic mass is 35.5. The van der Waals surface area contributed by atoms with Crippen molar-refractivity contribution in [3.8, 4) is 0 Å². The average Bonchev–Trinajstić information content (AvgIpc) is 3.00. The maximum atomic E-state index is 6.14. The highest BCUT2D eigenvalue weighted by Gasteiger charge is 2.17. The Morgan fingerprint density at radius 2 is 1.86 bits per heavy atom. The summed E-state index contributed by atoms with van der Waals surface area (Å²) in [4.78, 5) is 11.1. The SMILES string of the molecule is S=C(Nc1nc(Cl)cc(N2CCCCC2)n1)NC1CCCC1. The number of aromatic nitrogens is 2. The molecular weight excluding hydrogens is 318 g/mol. The van der Waals surface area contributed by atoms with Gasteiger partial charge in [0.25, 0.3) is 0 Å². The number of rotatable bonds is 3. The van der Waals surface area contributed by atoms with Gasteiger partial charge in [0, 0.05) is 25.2 Å². The fourth-order valence-electron chi connectivity index (χ4n) is 3.14. The molecule has 0 spiro atoms. The van der Waals surface area contributed by atoms with Gasteiger partial charge in [-0.15, -0.1) is 0 Å². The highest BCUT2D eigenvalue weighted by molar-refractivity contribution is 7.80. The zero-order chi connectivity index (χ0) is 15.4. The third-order valence-corrected chi connectivity index (χ3v) is 4.69. The lowest BCUT2D eigenvalue weighted by atomic mass is 10.1. The zero-order valence-electron chi connectivity index (χ0n) is 12.6. The molecule has 5 nitrogen and oxygen atoms in total. The van der Waals surface area contributed by atoms with Gasteiger partial charge in [-0.25, -0.2) is 4.98 Å². The van der Waals surface area contributed by atoms with Crippen molar-refractivity contribution in [1.82, 2.24) is 15.3 Å². The van der Waals surface area contributed by atoms with E-state index in [1.165, 1.54) is 44.9 Å². The minimum atomic E-state index is 0.446. The topological polar surface area (TPSA) is 53.1 Å². The second-order valence-corrected chi connectivity index (χ2v) is 6.80. The van der Waals surface area contributed by atoms with E-state index >= 15 is 0 Å². The van der Waals surface area contributed by atoms with Crippen molar-refractivity contribution >= 4 is 40.7 Å². The van der Waals surface area contributed by atoms with E-state index in [2.05, 4.69) is 25.5 Å². The molecule has 0 atom stereocenters. The highest BCUT2D eigenvalue weighted by Crippen LogP contribution is 2.22. The lowest BCUT2D eigenvalue weighted by Crippen LogP contribution is -2.36. The van der Waals surface area contributed by atoms with Crippen LogP contribution in [0.2, 0.25) is 5.15 Å². The summed E-state index contributed by atoms with van der Waals surface area (Å²) < 4.78 is 0. The minimum Gasteiger partial charge on any atom is -0.360 e. The Morgan fingerprint density at radius 1 is 1.14 bits per heavy atom. The summed E-state index contributed by atoms with van der Waals surface area (Å²) in [6.07, 6.45) is 8.59. The van der Waals surface area contributed by atoms with E-state index < -0.39 is 0 Å². The maximum absolute atomic E-state index is 6.14. The molecule has 120 valence electrons. The van der Waals surface area contributed by atoms with Gasteiger partial charge in [0.15, 0.2) is 5.11 Å². The summed E-state index contributed by atoms with van der Waals surface area (Å²) in [6.45, 7) is 2.05. The van der Waals surface area contributed by atoms with E-state index in [4.69, 9.17) is 23.8 Å². The normalized spacial score (nSPS) is 19.2. The lowest BCUT2D eigenvalue weighted by molar-refractivity contribution is 0.573. The van der Waals surface area contributed by atoms with E-state index in [-0.39, 0.29) is 0 Å². The molecule has 0 radical (unpaired) electrons. The summed E-state index contributed by atoms with van der Waals surface area (Å²) in [5, 5.41) is 7.43. The first-order chi connectivity index (χ1) is 10.7. The van der Waals surface area contributed by atoms with Crippen molar-refractivity contribution < 1.29 is 0 Å². The standard InChI is InChI=1S/C15H22ClN5S/c16-12-10-13(21-8-4-1-5-9-21)19-14(18-12)20-15(22)17-11-6-2-3-7-11/h10-11H,1-9H2,(H2,17,18,19,20,22). The van der Waals surface area contributed by atoms with Crippen LogP contribution in [0, 0.1) is 0 Å². The Morgan fingerprint density at radius 3 is 2.59 bits per heavy atom. The third kappa shape index (κ3) is 4.20. The molecule has 0 aromatic carbocycles. The molecule has 2 aliphatic rings. The largest absolute Gasteiger partial charge is 0.360 e.